The molecular weight excluding hydrogens is 480 g/mol. The number of benzene rings is 2. The van der Waals surface area contributed by atoms with Crippen LogP contribution < -0.4 is 14.8 Å². The molecule has 0 radical (unpaired) electrons. The second kappa shape index (κ2) is 10.1. The molecule has 3 N–H and O–H groups in total. The van der Waals surface area contributed by atoms with Gasteiger partial charge in [-0.15, -0.1) is 11.3 Å². The van der Waals surface area contributed by atoms with E-state index in [4.69, 9.17) is 9.47 Å². The van der Waals surface area contributed by atoms with E-state index in [9.17, 15) is 23.4 Å². The topological polar surface area (TPSA) is 135 Å². The molecule has 1 heterocycles. The van der Waals surface area contributed by atoms with E-state index >= 15 is 0 Å². The predicted molar refractivity (Wildman–Crippen MR) is 129 cm³/mol. The highest BCUT2D eigenvalue weighted by Gasteiger charge is 2.21. The van der Waals surface area contributed by atoms with Crippen molar-refractivity contribution in [3.63, 3.8) is 0 Å². The minimum absolute atomic E-state index is 0.155. The van der Waals surface area contributed by atoms with E-state index in [1.165, 1.54) is 47.7 Å². The van der Waals surface area contributed by atoms with E-state index < -0.39 is 27.4 Å². The molecule has 182 valence electrons. The highest BCUT2D eigenvalue weighted by molar-refractivity contribution is 7.90. The Hall–Kier alpha value is -2.99. The van der Waals surface area contributed by atoms with Crippen molar-refractivity contribution in [2.45, 2.75) is 37.4 Å². The average molecular weight is 507 g/mol. The molecule has 0 fully saturated rings. The first-order valence-electron chi connectivity index (χ1n) is 10.3. The molecule has 11 heteroatoms. The number of nitrogens with one attached hydrogen (secondary N) is 1. The fraction of sp³-hybridized carbons (Fsp3) is 0.304. The molecule has 0 aliphatic rings. The maximum atomic E-state index is 12.9. The first-order valence-corrected chi connectivity index (χ1v) is 13.0. The summed E-state index contributed by atoms with van der Waals surface area (Å²) in [6, 6.07) is 10.4. The van der Waals surface area contributed by atoms with Gasteiger partial charge in [0.1, 0.15) is 29.0 Å². The van der Waals surface area contributed by atoms with Crippen molar-refractivity contribution in [1.82, 2.24) is 4.98 Å². The zero-order valence-electron chi connectivity index (χ0n) is 19.1. The molecule has 0 saturated heterocycles. The first-order chi connectivity index (χ1) is 15.8. The Balaban J connectivity index is 1.87. The molecule has 3 rings (SSSR count). The fourth-order valence-corrected chi connectivity index (χ4v) is 4.27. The molecule has 0 aliphatic heterocycles. The van der Waals surface area contributed by atoms with Gasteiger partial charge in [0.2, 0.25) is 0 Å². The number of carbonyl (C=O) groups excluding carboxylic acids is 1. The van der Waals surface area contributed by atoms with Crippen molar-refractivity contribution < 1.29 is 32.9 Å². The number of ether oxygens (including phenoxy) is 2. The molecule has 1 amide bonds. The SMILES string of the molecule is C[C@@H](CO)Oc1cc(Oc2ccc(S(C)(=O)=O)cc2)cc(C(=O)Nc2nc(C(C)(C)O)cs2)c1. The third kappa shape index (κ3) is 6.76. The molecule has 3 aromatic rings. The molecule has 0 unspecified atom stereocenters. The van der Waals surface area contributed by atoms with E-state index in [1.807, 2.05) is 0 Å². The molecule has 0 bridgehead atoms. The third-order valence-corrected chi connectivity index (χ3v) is 6.46. The van der Waals surface area contributed by atoms with Crippen LogP contribution in [0.25, 0.3) is 0 Å². The lowest BCUT2D eigenvalue weighted by Crippen LogP contribution is -2.18. The maximum Gasteiger partial charge on any atom is 0.257 e. The largest absolute Gasteiger partial charge is 0.488 e. The van der Waals surface area contributed by atoms with Gasteiger partial charge in [0.05, 0.1) is 17.2 Å². The fourth-order valence-electron chi connectivity index (χ4n) is 2.77. The number of hydrogen-bond donors (Lipinski definition) is 3. The second-order valence-corrected chi connectivity index (χ2v) is 11.1. The summed E-state index contributed by atoms with van der Waals surface area (Å²) in [6.07, 6.45) is 0.595. The summed E-state index contributed by atoms with van der Waals surface area (Å²) in [5.74, 6) is 0.460. The van der Waals surface area contributed by atoms with E-state index in [1.54, 1.807) is 32.2 Å². The van der Waals surface area contributed by atoms with Crippen LogP contribution >= 0.6 is 11.3 Å². The van der Waals surface area contributed by atoms with Gasteiger partial charge in [-0.05, 0) is 57.2 Å². The average Bonchev–Trinajstić information content (AvgIpc) is 3.22. The number of aliphatic hydroxyl groups is 2. The number of anilines is 1. The van der Waals surface area contributed by atoms with E-state index in [0.29, 0.717) is 22.3 Å². The molecule has 0 saturated carbocycles. The Bertz CT molecular complexity index is 1260. The smallest absolute Gasteiger partial charge is 0.257 e. The zero-order valence-corrected chi connectivity index (χ0v) is 20.7. The molecule has 1 atom stereocenters. The van der Waals surface area contributed by atoms with Crippen LogP contribution in [-0.4, -0.2) is 48.5 Å². The van der Waals surface area contributed by atoms with E-state index in [0.717, 1.165) is 6.26 Å². The highest BCUT2D eigenvalue weighted by atomic mass is 32.2. The van der Waals surface area contributed by atoms with Gasteiger partial charge < -0.3 is 19.7 Å². The van der Waals surface area contributed by atoms with Crippen molar-refractivity contribution in [2.24, 2.45) is 0 Å². The van der Waals surface area contributed by atoms with E-state index in [-0.39, 0.29) is 22.8 Å². The third-order valence-electron chi connectivity index (χ3n) is 4.58. The minimum Gasteiger partial charge on any atom is -0.488 e. The Morgan fingerprint density at radius 3 is 2.35 bits per heavy atom. The van der Waals surface area contributed by atoms with Crippen LogP contribution in [0.15, 0.2) is 52.7 Å². The summed E-state index contributed by atoms with van der Waals surface area (Å²) >= 11 is 1.18. The number of amides is 1. The normalized spacial score (nSPS) is 12.8. The summed E-state index contributed by atoms with van der Waals surface area (Å²) in [5.41, 5.74) is -0.491. The van der Waals surface area contributed by atoms with Gasteiger partial charge in [-0.25, -0.2) is 13.4 Å². The number of sulfone groups is 1. The number of aromatic nitrogens is 1. The number of thiazole rings is 1. The van der Waals surface area contributed by atoms with Crippen molar-refractivity contribution in [1.29, 1.82) is 0 Å². The number of carbonyl (C=O) groups is 1. The van der Waals surface area contributed by atoms with Gasteiger partial charge in [0.25, 0.3) is 5.91 Å². The van der Waals surface area contributed by atoms with Crippen LogP contribution in [0, 0.1) is 0 Å². The quantitative estimate of drug-likeness (QED) is 0.401. The lowest BCUT2D eigenvalue weighted by Gasteiger charge is -2.15. The van der Waals surface area contributed by atoms with Gasteiger partial charge in [0.15, 0.2) is 15.0 Å². The zero-order chi connectivity index (χ0) is 25.1. The molecule has 0 spiro atoms. The Kier molecular flexibility index (Phi) is 7.61. The number of aliphatic hydroxyl groups excluding tert-OH is 1. The summed E-state index contributed by atoms with van der Waals surface area (Å²) in [4.78, 5) is 17.3. The van der Waals surface area contributed by atoms with Crippen LogP contribution in [0.4, 0.5) is 5.13 Å². The van der Waals surface area contributed by atoms with Gasteiger partial charge in [-0.3, -0.25) is 10.1 Å². The van der Waals surface area contributed by atoms with Crippen LogP contribution in [0.2, 0.25) is 0 Å². The lowest BCUT2D eigenvalue weighted by atomic mass is 10.1. The number of hydrogen-bond acceptors (Lipinski definition) is 9. The summed E-state index contributed by atoms with van der Waals surface area (Å²) in [6.45, 7) is 4.65. The molecule has 2 aromatic carbocycles. The summed E-state index contributed by atoms with van der Waals surface area (Å²) in [7, 11) is -3.34. The minimum atomic E-state index is -3.34. The molecular formula is C23H26N2O7S2. The first kappa shape index (κ1) is 25.6. The van der Waals surface area contributed by atoms with Crippen molar-refractivity contribution in [3.8, 4) is 17.2 Å². The molecule has 34 heavy (non-hydrogen) atoms. The Morgan fingerprint density at radius 2 is 1.79 bits per heavy atom. The summed E-state index contributed by atoms with van der Waals surface area (Å²) < 4.78 is 34.8. The van der Waals surface area contributed by atoms with Gasteiger partial charge in [-0.1, -0.05) is 0 Å². The van der Waals surface area contributed by atoms with Gasteiger partial charge >= 0.3 is 0 Å². The predicted octanol–water partition coefficient (Wildman–Crippen LogP) is 3.58. The van der Waals surface area contributed by atoms with Gasteiger partial charge in [0, 0.05) is 23.3 Å². The van der Waals surface area contributed by atoms with Crippen LogP contribution in [0.5, 0.6) is 17.2 Å². The molecule has 9 nitrogen and oxygen atoms in total. The van der Waals surface area contributed by atoms with E-state index in [2.05, 4.69) is 10.3 Å². The number of rotatable bonds is 9. The van der Waals surface area contributed by atoms with Crippen molar-refractivity contribution in [2.75, 3.05) is 18.2 Å². The van der Waals surface area contributed by atoms with Crippen LogP contribution in [0.3, 0.4) is 0 Å². The Labute approximate surface area is 201 Å². The van der Waals surface area contributed by atoms with Crippen LogP contribution in [0.1, 0.15) is 36.8 Å². The maximum absolute atomic E-state index is 12.9. The van der Waals surface area contributed by atoms with Gasteiger partial charge in [-0.2, -0.15) is 0 Å². The van der Waals surface area contributed by atoms with Crippen molar-refractivity contribution >= 4 is 32.2 Å². The molecule has 0 aliphatic carbocycles. The standard InChI is InChI=1S/C23H26N2O7S2/c1-14(12-26)31-17-9-15(21(27)25-22-24-20(13-33-22)23(2,3)28)10-18(11-17)32-16-5-7-19(8-6-16)34(4,29)30/h5-11,13-14,26,28H,12H2,1-4H3,(H,24,25,27)/t14-/m0/s1. The lowest BCUT2D eigenvalue weighted by molar-refractivity contribution is 0.0745. The van der Waals surface area contributed by atoms with Crippen LogP contribution in [-0.2, 0) is 15.4 Å². The highest BCUT2D eigenvalue weighted by Crippen LogP contribution is 2.30. The number of nitrogens with zero attached hydrogens (tertiary/aromatic N) is 1. The molecule has 1 aromatic heterocycles. The second-order valence-electron chi connectivity index (χ2n) is 8.20. The monoisotopic (exact) mass is 506 g/mol. The van der Waals surface area contributed by atoms with Crippen molar-refractivity contribution in [3.05, 3.63) is 59.1 Å². The Morgan fingerprint density at radius 1 is 1.15 bits per heavy atom. The summed E-state index contributed by atoms with van der Waals surface area (Å²) in [5, 5.41) is 24.1.